The topological polar surface area (TPSA) is 219 Å². The molecule has 1 fully saturated rings. The Labute approximate surface area is 233 Å². The Morgan fingerprint density at radius 2 is 1.76 bits per heavy atom. The van der Waals surface area contributed by atoms with Gasteiger partial charge >= 0.3 is 17.9 Å². The van der Waals surface area contributed by atoms with Gasteiger partial charge in [-0.25, -0.2) is 4.79 Å². The number of rotatable bonds is 11. The quantitative estimate of drug-likeness (QED) is 0.178. The first kappa shape index (κ1) is 31.3. The van der Waals surface area contributed by atoms with Gasteiger partial charge in [0.25, 0.3) is 0 Å². The molecule has 1 aliphatic heterocycles. The lowest BCUT2D eigenvalue weighted by molar-refractivity contribution is -0.282. The number of phenols is 1. The molecular formula is C27H30O14. The van der Waals surface area contributed by atoms with Crippen LogP contribution in [0.4, 0.5) is 0 Å². The van der Waals surface area contributed by atoms with E-state index in [1.54, 1.807) is 0 Å². The van der Waals surface area contributed by atoms with Crippen LogP contribution in [0, 0.1) is 6.92 Å². The first-order chi connectivity index (χ1) is 19.3. The number of hydrogen-bond acceptors (Lipinski definition) is 13. The second-order valence-electron chi connectivity index (χ2n) is 9.57. The third-order valence-corrected chi connectivity index (χ3v) is 5.91. The summed E-state index contributed by atoms with van der Waals surface area (Å²) in [5.41, 5.74) is -2.01. The zero-order valence-electron chi connectivity index (χ0n) is 22.0. The van der Waals surface area contributed by atoms with Crippen LogP contribution in [-0.2, 0) is 28.6 Å². The normalized spacial score (nSPS) is 23.9. The fourth-order valence-corrected chi connectivity index (χ4v) is 3.89. The minimum atomic E-state index is -1.93. The van der Waals surface area contributed by atoms with Crippen molar-refractivity contribution in [1.82, 2.24) is 0 Å². The molecule has 0 spiro atoms. The summed E-state index contributed by atoms with van der Waals surface area (Å²) in [5, 5.41) is 49.9. The zero-order chi connectivity index (χ0) is 30.3. The summed E-state index contributed by atoms with van der Waals surface area (Å²) < 4.78 is 26.6. The Balaban J connectivity index is 1.78. The Hall–Kier alpha value is -4.24. The van der Waals surface area contributed by atoms with E-state index in [1.165, 1.54) is 37.3 Å². The summed E-state index contributed by atoms with van der Waals surface area (Å²) in [6.45, 7) is 1.85. The van der Waals surface area contributed by atoms with Gasteiger partial charge in [-0.2, -0.15) is 0 Å². The third-order valence-electron chi connectivity index (χ3n) is 5.91. The van der Waals surface area contributed by atoms with Gasteiger partial charge in [0.15, 0.2) is 6.10 Å². The summed E-state index contributed by atoms with van der Waals surface area (Å²) in [7, 11) is 0. The molecule has 14 heteroatoms. The largest absolute Gasteiger partial charge is 0.508 e. The number of aliphatic hydroxyl groups excluding tert-OH is 2. The summed E-state index contributed by atoms with van der Waals surface area (Å²) in [4.78, 5) is 48.0. The highest BCUT2D eigenvalue weighted by Crippen LogP contribution is 2.27. The van der Waals surface area contributed by atoms with Crippen molar-refractivity contribution in [3.8, 4) is 11.5 Å². The molecule has 1 aromatic carbocycles. The van der Waals surface area contributed by atoms with Crippen LogP contribution in [-0.4, -0.2) is 86.4 Å². The number of esters is 2. The van der Waals surface area contributed by atoms with E-state index in [0.29, 0.717) is 5.56 Å². The van der Waals surface area contributed by atoms with Gasteiger partial charge in [0.1, 0.15) is 36.4 Å². The molecule has 3 rings (SSSR count). The summed E-state index contributed by atoms with van der Waals surface area (Å²) in [5.74, 6) is -3.62. The molecule has 6 atom stereocenters. The maximum atomic E-state index is 12.6. The molecule has 0 saturated carbocycles. The molecule has 2 heterocycles. The number of carboxylic acids is 1. The van der Waals surface area contributed by atoms with Gasteiger partial charge in [0.2, 0.25) is 17.5 Å². The Bertz CT molecular complexity index is 1310. The van der Waals surface area contributed by atoms with E-state index in [9.17, 15) is 39.6 Å². The molecule has 0 bridgehead atoms. The van der Waals surface area contributed by atoms with Gasteiger partial charge in [0.05, 0.1) is 24.7 Å². The molecular weight excluding hydrogens is 548 g/mol. The van der Waals surface area contributed by atoms with Crippen molar-refractivity contribution in [2.75, 3.05) is 6.61 Å². The average molecular weight is 579 g/mol. The van der Waals surface area contributed by atoms with Crippen molar-refractivity contribution in [3.63, 3.8) is 0 Å². The first-order valence-corrected chi connectivity index (χ1v) is 12.3. The van der Waals surface area contributed by atoms with Gasteiger partial charge in [-0.15, -0.1) is 0 Å². The van der Waals surface area contributed by atoms with E-state index >= 15 is 0 Å². The molecule has 222 valence electrons. The lowest BCUT2D eigenvalue weighted by Crippen LogP contribution is -2.61. The Kier molecular flexibility index (Phi) is 10.2. The summed E-state index contributed by atoms with van der Waals surface area (Å²) in [6.07, 6.45) is -6.41. The number of carbonyl (C=O) groups excluding carboxylic acids is 2. The Morgan fingerprint density at radius 3 is 2.39 bits per heavy atom. The van der Waals surface area contributed by atoms with E-state index in [4.69, 9.17) is 28.5 Å². The average Bonchev–Trinajstić information content (AvgIpc) is 2.88. The summed E-state index contributed by atoms with van der Waals surface area (Å²) in [6, 6.07) is 6.89. The van der Waals surface area contributed by atoms with E-state index in [-0.39, 0.29) is 17.3 Å². The molecule has 1 saturated heterocycles. The molecule has 1 aliphatic rings. The zero-order valence-corrected chi connectivity index (χ0v) is 22.0. The molecule has 0 aliphatic carbocycles. The maximum Gasteiger partial charge on any atom is 0.331 e. The van der Waals surface area contributed by atoms with Crippen LogP contribution < -0.4 is 10.2 Å². The highest BCUT2D eigenvalue weighted by Gasteiger charge is 2.48. The van der Waals surface area contributed by atoms with Crippen molar-refractivity contribution < 1.29 is 63.3 Å². The second kappa shape index (κ2) is 13.4. The third kappa shape index (κ3) is 8.88. The number of aliphatic hydroxyl groups is 3. The fraction of sp³-hybridized carbons (Fsp3) is 0.407. The van der Waals surface area contributed by atoms with Crippen molar-refractivity contribution in [3.05, 3.63) is 64.2 Å². The van der Waals surface area contributed by atoms with Crippen LogP contribution in [0.15, 0.2) is 51.9 Å². The van der Waals surface area contributed by atoms with E-state index in [1.807, 2.05) is 0 Å². The second-order valence-corrected chi connectivity index (χ2v) is 9.57. The predicted molar refractivity (Wildman–Crippen MR) is 136 cm³/mol. The lowest BCUT2D eigenvalue weighted by atomic mass is 9.98. The Morgan fingerprint density at radius 1 is 1.07 bits per heavy atom. The van der Waals surface area contributed by atoms with Gasteiger partial charge in [-0.05, 0) is 37.6 Å². The first-order valence-electron chi connectivity index (χ1n) is 12.3. The minimum absolute atomic E-state index is 0.0169. The number of aryl methyl sites for hydroxylation is 1. The number of carboxylic acid groups (broad SMARTS) is 1. The maximum absolute atomic E-state index is 12.6. The van der Waals surface area contributed by atoms with Crippen LogP contribution in [0.5, 0.6) is 11.5 Å². The van der Waals surface area contributed by atoms with Crippen LogP contribution in [0.1, 0.15) is 31.1 Å². The van der Waals surface area contributed by atoms with Crippen LogP contribution >= 0.6 is 0 Å². The van der Waals surface area contributed by atoms with E-state index in [0.717, 1.165) is 25.3 Å². The van der Waals surface area contributed by atoms with Crippen molar-refractivity contribution >= 4 is 24.0 Å². The van der Waals surface area contributed by atoms with Crippen LogP contribution in [0.2, 0.25) is 0 Å². The standard InChI is InChI=1S/C27H30O14/c1-14-24(17(29)9-10-37-14)41-26-23(35)22(34)25(40-20(32)8-5-15-3-6-16(28)7-4-15)18(39-26)13-38-21(33)12-27(2,36)11-19(30)31/h3-10,18,22-23,25-26,28,34-36H,11-13H2,1-2H3,(H,30,31)/b8-5+/t18-,22-,23-,25-,26+,27?/m1/s1. The van der Waals surface area contributed by atoms with Gasteiger partial charge < -0.3 is 48.9 Å². The minimum Gasteiger partial charge on any atom is -0.508 e. The molecule has 1 unspecified atom stereocenters. The molecule has 2 aromatic rings. The number of benzene rings is 1. The molecule has 41 heavy (non-hydrogen) atoms. The van der Waals surface area contributed by atoms with Crippen molar-refractivity contribution in [1.29, 1.82) is 0 Å². The molecule has 5 N–H and O–H groups in total. The molecule has 0 amide bonds. The number of aromatic hydroxyl groups is 1. The summed E-state index contributed by atoms with van der Waals surface area (Å²) >= 11 is 0. The molecule has 0 radical (unpaired) electrons. The highest BCUT2D eigenvalue weighted by atomic mass is 16.7. The van der Waals surface area contributed by atoms with Crippen LogP contribution in [0.25, 0.3) is 6.08 Å². The van der Waals surface area contributed by atoms with Gasteiger partial charge in [-0.3, -0.25) is 14.4 Å². The van der Waals surface area contributed by atoms with Crippen molar-refractivity contribution in [2.45, 2.75) is 63.0 Å². The monoisotopic (exact) mass is 578 g/mol. The number of phenolic OH excluding ortho intramolecular Hbond substituents is 1. The predicted octanol–water partition coefficient (Wildman–Crippen LogP) is 0.264. The van der Waals surface area contributed by atoms with Gasteiger partial charge in [-0.1, -0.05) is 12.1 Å². The SMILES string of the molecule is Cc1occc(=O)c1O[C@@H]1O[C@H](COC(=O)CC(C)(O)CC(=O)O)[C@@H](OC(=O)/C=C/c2ccc(O)cc2)[C@H](O)[C@H]1O. The smallest absolute Gasteiger partial charge is 0.331 e. The number of aliphatic carboxylic acids is 1. The van der Waals surface area contributed by atoms with Crippen molar-refractivity contribution in [2.24, 2.45) is 0 Å². The van der Waals surface area contributed by atoms with Gasteiger partial charge in [0, 0.05) is 12.1 Å². The molecule has 1 aromatic heterocycles. The lowest BCUT2D eigenvalue weighted by Gasteiger charge is -2.41. The molecule has 14 nitrogen and oxygen atoms in total. The highest BCUT2D eigenvalue weighted by molar-refractivity contribution is 5.87. The number of ether oxygens (including phenoxy) is 4. The van der Waals surface area contributed by atoms with Crippen LogP contribution in [0.3, 0.4) is 0 Å². The fourth-order valence-electron chi connectivity index (χ4n) is 3.89. The van der Waals surface area contributed by atoms with E-state index < -0.39 is 79.1 Å². The van der Waals surface area contributed by atoms with E-state index in [2.05, 4.69) is 0 Å². The number of hydrogen-bond donors (Lipinski definition) is 5. The number of carbonyl (C=O) groups is 3.